The van der Waals surface area contributed by atoms with Crippen LogP contribution in [-0.2, 0) is 9.59 Å². The summed E-state index contributed by atoms with van der Waals surface area (Å²) in [5.41, 5.74) is 4.96. The van der Waals surface area contributed by atoms with Gasteiger partial charge >= 0.3 is 0 Å². The Kier molecular flexibility index (Phi) is 6.26. The Morgan fingerprint density at radius 2 is 1.86 bits per heavy atom. The standard InChI is InChI=1S/C24H31N3O2/c1-6-26(16(2)3)21-11-9-20(10-12-21)25-24(29)19-14-23(28)27(15-19)22-13-17(4)7-8-18(22)5/h7-13,16,19H,6,14-15H2,1-5H3,(H,25,29). The van der Waals surface area contributed by atoms with Crippen LogP contribution in [0.25, 0.3) is 0 Å². The molecule has 0 spiro atoms. The third-order valence-corrected chi connectivity index (χ3v) is 5.58. The van der Waals surface area contributed by atoms with Crippen molar-refractivity contribution in [3.8, 4) is 0 Å². The van der Waals surface area contributed by atoms with E-state index in [4.69, 9.17) is 0 Å². The summed E-state index contributed by atoms with van der Waals surface area (Å²) in [6.45, 7) is 11.8. The molecule has 1 saturated heterocycles. The maximum Gasteiger partial charge on any atom is 0.229 e. The number of amides is 2. The maximum absolute atomic E-state index is 12.8. The van der Waals surface area contributed by atoms with Crippen molar-refractivity contribution in [1.82, 2.24) is 0 Å². The van der Waals surface area contributed by atoms with Gasteiger partial charge in [-0.25, -0.2) is 0 Å². The molecule has 0 aromatic heterocycles. The average molecular weight is 394 g/mol. The molecule has 1 atom stereocenters. The van der Waals surface area contributed by atoms with Crippen LogP contribution in [0.3, 0.4) is 0 Å². The van der Waals surface area contributed by atoms with Crippen LogP contribution in [-0.4, -0.2) is 30.9 Å². The number of aryl methyl sites for hydroxylation is 2. The van der Waals surface area contributed by atoms with Crippen molar-refractivity contribution in [2.45, 2.75) is 47.1 Å². The SMILES string of the molecule is CCN(c1ccc(NC(=O)C2CC(=O)N(c3cc(C)ccc3C)C2)cc1)C(C)C. The van der Waals surface area contributed by atoms with E-state index < -0.39 is 0 Å². The predicted molar refractivity (Wildman–Crippen MR) is 120 cm³/mol. The van der Waals surface area contributed by atoms with E-state index >= 15 is 0 Å². The molecule has 0 saturated carbocycles. The first-order valence-electron chi connectivity index (χ1n) is 10.3. The Balaban J connectivity index is 1.67. The van der Waals surface area contributed by atoms with Gasteiger partial charge in [-0.15, -0.1) is 0 Å². The highest BCUT2D eigenvalue weighted by atomic mass is 16.2. The fourth-order valence-corrected chi connectivity index (χ4v) is 3.95. The Morgan fingerprint density at radius 1 is 1.17 bits per heavy atom. The van der Waals surface area contributed by atoms with E-state index in [0.29, 0.717) is 12.6 Å². The minimum absolute atomic E-state index is 0.00437. The highest BCUT2D eigenvalue weighted by Gasteiger charge is 2.35. The zero-order chi connectivity index (χ0) is 21.1. The molecule has 2 aromatic carbocycles. The molecule has 2 aromatic rings. The van der Waals surface area contributed by atoms with E-state index in [1.807, 2.05) is 56.3 Å². The van der Waals surface area contributed by atoms with Gasteiger partial charge in [0.1, 0.15) is 0 Å². The van der Waals surface area contributed by atoms with Crippen LogP contribution in [0.2, 0.25) is 0 Å². The molecule has 0 aliphatic carbocycles. The van der Waals surface area contributed by atoms with E-state index in [9.17, 15) is 9.59 Å². The second-order valence-electron chi connectivity index (χ2n) is 8.11. The number of benzene rings is 2. The number of carbonyl (C=O) groups is 2. The number of rotatable bonds is 6. The van der Waals surface area contributed by atoms with Crippen LogP contribution in [0.5, 0.6) is 0 Å². The molecule has 2 amide bonds. The zero-order valence-corrected chi connectivity index (χ0v) is 18.0. The van der Waals surface area contributed by atoms with Gasteiger partial charge in [0.05, 0.1) is 5.92 Å². The molecule has 3 rings (SSSR count). The molecule has 1 aliphatic rings. The van der Waals surface area contributed by atoms with Gasteiger partial charge in [0, 0.05) is 42.6 Å². The summed E-state index contributed by atoms with van der Waals surface area (Å²) < 4.78 is 0. The van der Waals surface area contributed by atoms with Crippen molar-refractivity contribution in [3.63, 3.8) is 0 Å². The molecule has 1 N–H and O–H groups in total. The fourth-order valence-electron chi connectivity index (χ4n) is 3.95. The molecule has 29 heavy (non-hydrogen) atoms. The first-order valence-corrected chi connectivity index (χ1v) is 10.3. The van der Waals surface area contributed by atoms with Gasteiger partial charge in [0.2, 0.25) is 11.8 Å². The Morgan fingerprint density at radius 3 is 2.48 bits per heavy atom. The van der Waals surface area contributed by atoms with Crippen LogP contribution < -0.4 is 15.1 Å². The third-order valence-electron chi connectivity index (χ3n) is 5.58. The number of nitrogens with zero attached hydrogens (tertiary/aromatic N) is 2. The number of anilines is 3. The van der Waals surface area contributed by atoms with E-state index in [-0.39, 0.29) is 24.2 Å². The van der Waals surface area contributed by atoms with Crippen LogP contribution in [0, 0.1) is 19.8 Å². The first-order chi connectivity index (χ1) is 13.8. The lowest BCUT2D eigenvalue weighted by atomic mass is 10.1. The molecule has 154 valence electrons. The molecule has 5 nitrogen and oxygen atoms in total. The molecule has 1 unspecified atom stereocenters. The van der Waals surface area contributed by atoms with Crippen molar-refractivity contribution in [2.24, 2.45) is 5.92 Å². The average Bonchev–Trinajstić information content (AvgIpc) is 3.07. The topological polar surface area (TPSA) is 52.7 Å². The lowest BCUT2D eigenvalue weighted by molar-refractivity contribution is -0.122. The molecule has 1 heterocycles. The lowest BCUT2D eigenvalue weighted by Gasteiger charge is -2.27. The van der Waals surface area contributed by atoms with Gasteiger partial charge in [-0.3, -0.25) is 9.59 Å². The predicted octanol–water partition coefficient (Wildman–Crippen LogP) is 4.53. The molecular weight excluding hydrogens is 362 g/mol. The highest BCUT2D eigenvalue weighted by molar-refractivity contribution is 6.03. The smallest absolute Gasteiger partial charge is 0.229 e. The van der Waals surface area contributed by atoms with Crippen molar-refractivity contribution in [3.05, 3.63) is 53.6 Å². The van der Waals surface area contributed by atoms with Crippen molar-refractivity contribution < 1.29 is 9.59 Å². The van der Waals surface area contributed by atoms with Crippen molar-refractivity contribution in [2.75, 3.05) is 28.2 Å². The second kappa shape index (κ2) is 8.68. The monoisotopic (exact) mass is 393 g/mol. The first kappa shape index (κ1) is 20.9. The van der Waals surface area contributed by atoms with Gasteiger partial charge < -0.3 is 15.1 Å². The summed E-state index contributed by atoms with van der Waals surface area (Å²) >= 11 is 0. The highest BCUT2D eigenvalue weighted by Crippen LogP contribution is 2.29. The fraction of sp³-hybridized carbons (Fsp3) is 0.417. The van der Waals surface area contributed by atoms with Crippen LogP contribution >= 0.6 is 0 Å². The summed E-state index contributed by atoms with van der Waals surface area (Å²) in [4.78, 5) is 29.4. The van der Waals surface area contributed by atoms with E-state index in [0.717, 1.165) is 34.7 Å². The zero-order valence-electron chi connectivity index (χ0n) is 18.0. The number of hydrogen-bond acceptors (Lipinski definition) is 3. The van der Waals surface area contributed by atoms with Gasteiger partial charge in [-0.05, 0) is 76.1 Å². The molecule has 1 aliphatic heterocycles. The van der Waals surface area contributed by atoms with Gasteiger partial charge in [-0.1, -0.05) is 12.1 Å². The Hall–Kier alpha value is -2.82. The molecule has 0 bridgehead atoms. The minimum atomic E-state index is -0.343. The van der Waals surface area contributed by atoms with E-state index in [2.05, 4.69) is 31.0 Å². The summed E-state index contributed by atoms with van der Waals surface area (Å²) in [6.07, 6.45) is 0.244. The largest absolute Gasteiger partial charge is 0.369 e. The lowest BCUT2D eigenvalue weighted by Crippen LogP contribution is -2.30. The summed E-state index contributed by atoms with van der Waals surface area (Å²) in [5, 5.41) is 2.98. The van der Waals surface area contributed by atoms with Gasteiger partial charge in [0.25, 0.3) is 0 Å². The molecule has 0 radical (unpaired) electrons. The quantitative estimate of drug-likeness (QED) is 0.784. The minimum Gasteiger partial charge on any atom is -0.369 e. The van der Waals surface area contributed by atoms with Crippen LogP contribution in [0.15, 0.2) is 42.5 Å². The Bertz CT molecular complexity index is 889. The van der Waals surface area contributed by atoms with E-state index in [1.54, 1.807) is 4.90 Å². The number of hydrogen-bond donors (Lipinski definition) is 1. The number of nitrogens with one attached hydrogen (secondary N) is 1. The van der Waals surface area contributed by atoms with Crippen LogP contribution in [0.1, 0.15) is 38.3 Å². The van der Waals surface area contributed by atoms with Gasteiger partial charge in [-0.2, -0.15) is 0 Å². The van der Waals surface area contributed by atoms with Crippen molar-refractivity contribution in [1.29, 1.82) is 0 Å². The summed E-state index contributed by atoms with van der Waals surface area (Å²) in [7, 11) is 0. The van der Waals surface area contributed by atoms with Gasteiger partial charge in [0.15, 0.2) is 0 Å². The summed E-state index contributed by atoms with van der Waals surface area (Å²) in [6, 6.07) is 14.4. The number of carbonyl (C=O) groups excluding carboxylic acids is 2. The van der Waals surface area contributed by atoms with E-state index in [1.165, 1.54) is 0 Å². The van der Waals surface area contributed by atoms with Crippen LogP contribution in [0.4, 0.5) is 17.1 Å². The normalized spacial score (nSPS) is 16.4. The third kappa shape index (κ3) is 4.61. The van der Waals surface area contributed by atoms with Crippen molar-refractivity contribution >= 4 is 28.9 Å². The molecule has 1 fully saturated rings. The second-order valence-corrected chi connectivity index (χ2v) is 8.11. The summed E-state index contributed by atoms with van der Waals surface area (Å²) in [5.74, 6) is -0.440. The molecule has 5 heteroatoms. The molecular formula is C24H31N3O2. The maximum atomic E-state index is 12.8. The Labute approximate surface area is 173 Å².